The Kier molecular flexibility index (Phi) is 5.24. The van der Waals surface area contributed by atoms with Crippen LogP contribution in [0.2, 0.25) is 0 Å². The molecule has 0 radical (unpaired) electrons. The summed E-state index contributed by atoms with van der Waals surface area (Å²) in [5, 5.41) is 0. The van der Waals surface area contributed by atoms with E-state index in [1.807, 2.05) is 25.1 Å². The van der Waals surface area contributed by atoms with Gasteiger partial charge in [-0.1, -0.05) is 24.3 Å². The molecule has 0 aliphatic carbocycles. The van der Waals surface area contributed by atoms with E-state index in [1.165, 1.54) is 6.20 Å². The number of amides is 1. The Morgan fingerprint density at radius 3 is 2.66 bits per heavy atom. The van der Waals surface area contributed by atoms with Crippen LogP contribution in [0.25, 0.3) is 5.57 Å². The number of carbonyl (C=O) groups excluding carboxylic acids is 1. The van der Waals surface area contributed by atoms with E-state index in [0.29, 0.717) is 30.3 Å². The lowest BCUT2D eigenvalue weighted by atomic mass is 10.1. The Hall–Kier alpha value is -3.67. The zero-order valence-electron chi connectivity index (χ0n) is 16.4. The summed E-state index contributed by atoms with van der Waals surface area (Å²) in [7, 11) is 4.04. The van der Waals surface area contributed by atoms with Gasteiger partial charge in [-0.15, -0.1) is 0 Å². The molecule has 29 heavy (non-hydrogen) atoms. The van der Waals surface area contributed by atoms with Crippen LogP contribution in [0.5, 0.6) is 11.6 Å². The molecule has 4 rings (SSSR count). The molecule has 0 unspecified atom stereocenters. The summed E-state index contributed by atoms with van der Waals surface area (Å²) in [5.41, 5.74) is 4.05. The number of rotatable bonds is 5. The molecule has 0 fully saturated rings. The smallest absolute Gasteiger partial charge is 0.254 e. The maximum absolute atomic E-state index is 13.0. The van der Waals surface area contributed by atoms with Crippen molar-refractivity contribution >= 4 is 17.2 Å². The van der Waals surface area contributed by atoms with Gasteiger partial charge in [-0.05, 0) is 41.5 Å². The molecule has 0 bridgehead atoms. The molecule has 2 aromatic carbocycles. The molecule has 0 atom stereocenters. The average molecular weight is 386 g/mol. The van der Waals surface area contributed by atoms with Gasteiger partial charge in [0, 0.05) is 50.8 Å². The summed E-state index contributed by atoms with van der Waals surface area (Å²) in [6.07, 6.45) is 6.79. The molecule has 1 aliphatic rings. The second kappa shape index (κ2) is 8.14. The third-order valence-corrected chi connectivity index (χ3v) is 4.80. The monoisotopic (exact) mass is 386 g/mol. The molecule has 0 saturated carbocycles. The van der Waals surface area contributed by atoms with Crippen molar-refractivity contribution in [3.63, 3.8) is 0 Å². The minimum Gasteiger partial charge on any atom is -0.437 e. The minimum absolute atomic E-state index is 0.0224. The molecule has 3 aromatic rings. The van der Waals surface area contributed by atoms with Crippen molar-refractivity contribution in [1.29, 1.82) is 0 Å². The molecule has 1 aromatic heterocycles. The lowest BCUT2D eigenvalue weighted by molar-refractivity contribution is 0.0801. The number of hydrogen-bond acceptors (Lipinski definition) is 5. The second-order valence-electron chi connectivity index (χ2n) is 7.03. The fraction of sp³-hybridized carbons (Fsp3) is 0.174. The number of hydrogen-bond donors (Lipinski definition) is 0. The number of aromatic nitrogens is 2. The van der Waals surface area contributed by atoms with Crippen LogP contribution < -0.4 is 9.64 Å². The summed E-state index contributed by atoms with van der Waals surface area (Å²) in [6, 6.07) is 15.5. The van der Waals surface area contributed by atoms with Gasteiger partial charge >= 0.3 is 0 Å². The number of anilines is 1. The highest BCUT2D eigenvalue weighted by molar-refractivity contribution is 5.96. The van der Waals surface area contributed by atoms with Crippen molar-refractivity contribution in [3.8, 4) is 11.6 Å². The molecule has 1 amide bonds. The molecule has 6 nitrogen and oxygen atoms in total. The summed E-state index contributed by atoms with van der Waals surface area (Å²) < 4.78 is 5.69. The van der Waals surface area contributed by atoms with Gasteiger partial charge in [-0.2, -0.15) is 0 Å². The fourth-order valence-corrected chi connectivity index (χ4v) is 3.23. The Bertz CT molecular complexity index is 1030. The maximum Gasteiger partial charge on any atom is 0.254 e. The SMILES string of the molecule is CN(C)c1ccc(C2=CCN(C(=O)c3cccc(Oc4cnccn4)c3)C2)cc1. The van der Waals surface area contributed by atoms with Gasteiger partial charge in [0.25, 0.3) is 5.91 Å². The summed E-state index contributed by atoms with van der Waals surface area (Å²) in [6.45, 7) is 1.19. The van der Waals surface area contributed by atoms with E-state index in [1.54, 1.807) is 30.6 Å². The zero-order valence-corrected chi connectivity index (χ0v) is 16.4. The molecule has 1 aliphatic heterocycles. The summed E-state index contributed by atoms with van der Waals surface area (Å²) in [4.78, 5) is 24.9. The van der Waals surface area contributed by atoms with Gasteiger partial charge in [0.05, 0.1) is 6.20 Å². The lowest BCUT2D eigenvalue weighted by Gasteiger charge is -2.17. The van der Waals surface area contributed by atoms with Gasteiger partial charge in [0.15, 0.2) is 0 Å². The third-order valence-electron chi connectivity index (χ3n) is 4.80. The minimum atomic E-state index is -0.0224. The first-order chi connectivity index (χ1) is 14.1. The fourth-order valence-electron chi connectivity index (χ4n) is 3.23. The first kappa shape index (κ1) is 18.7. The Labute approximate surface area is 170 Å². The highest BCUT2D eigenvalue weighted by atomic mass is 16.5. The van der Waals surface area contributed by atoms with Gasteiger partial charge in [0.2, 0.25) is 5.88 Å². The van der Waals surface area contributed by atoms with E-state index >= 15 is 0 Å². The largest absolute Gasteiger partial charge is 0.437 e. The highest BCUT2D eigenvalue weighted by Crippen LogP contribution is 2.26. The first-order valence-corrected chi connectivity index (χ1v) is 9.40. The number of benzene rings is 2. The predicted molar refractivity (Wildman–Crippen MR) is 113 cm³/mol. The molecule has 146 valence electrons. The number of carbonyl (C=O) groups is 1. The molecule has 6 heteroatoms. The van der Waals surface area contributed by atoms with Crippen molar-refractivity contribution in [2.45, 2.75) is 0 Å². The van der Waals surface area contributed by atoms with E-state index in [2.05, 4.69) is 45.2 Å². The van der Waals surface area contributed by atoms with Gasteiger partial charge in [0.1, 0.15) is 5.75 Å². The third kappa shape index (κ3) is 4.27. The lowest BCUT2D eigenvalue weighted by Crippen LogP contribution is -2.28. The van der Waals surface area contributed by atoms with Crippen LogP contribution in [0.4, 0.5) is 5.69 Å². The number of nitrogens with zero attached hydrogens (tertiary/aromatic N) is 4. The summed E-state index contributed by atoms with van der Waals surface area (Å²) >= 11 is 0. The standard InChI is InChI=1S/C23H22N4O2/c1-26(2)20-8-6-17(7-9-20)19-10-13-27(16-19)23(28)18-4-3-5-21(14-18)29-22-15-24-11-12-25-22/h3-12,14-15H,13,16H2,1-2H3. The predicted octanol–water partition coefficient (Wildman–Crippen LogP) is 3.87. The van der Waals surface area contributed by atoms with Crippen LogP contribution in [0.3, 0.4) is 0 Å². The molecule has 0 N–H and O–H groups in total. The van der Waals surface area contributed by atoms with Crippen LogP contribution in [-0.2, 0) is 0 Å². The van der Waals surface area contributed by atoms with Crippen LogP contribution >= 0.6 is 0 Å². The highest BCUT2D eigenvalue weighted by Gasteiger charge is 2.22. The maximum atomic E-state index is 13.0. The molecular weight excluding hydrogens is 364 g/mol. The van der Waals surface area contributed by atoms with Crippen molar-refractivity contribution in [1.82, 2.24) is 14.9 Å². The quantitative estimate of drug-likeness (QED) is 0.666. The Balaban J connectivity index is 1.44. The van der Waals surface area contributed by atoms with E-state index in [-0.39, 0.29) is 5.91 Å². The topological polar surface area (TPSA) is 58.6 Å². The zero-order chi connectivity index (χ0) is 20.2. The Morgan fingerprint density at radius 2 is 1.93 bits per heavy atom. The van der Waals surface area contributed by atoms with Crippen LogP contribution in [0.15, 0.2) is 73.2 Å². The first-order valence-electron chi connectivity index (χ1n) is 9.40. The second-order valence-corrected chi connectivity index (χ2v) is 7.03. The molecule has 0 spiro atoms. The van der Waals surface area contributed by atoms with E-state index in [4.69, 9.17) is 4.74 Å². The molecule has 2 heterocycles. The van der Waals surface area contributed by atoms with Gasteiger partial charge in [-0.3, -0.25) is 9.78 Å². The van der Waals surface area contributed by atoms with Crippen molar-refractivity contribution < 1.29 is 9.53 Å². The molecular formula is C23H22N4O2. The van der Waals surface area contributed by atoms with E-state index in [0.717, 1.165) is 16.8 Å². The van der Waals surface area contributed by atoms with Crippen molar-refractivity contribution in [2.24, 2.45) is 0 Å². The van der Waals surface area contributed by atoms with E-state index in [9.17, 15) is 4.79 Å². The van der Waals surface area contributed by atoms with Crippen LogP contribution in [0.1, 0.15) is 15.9 Å². The molecule has 0 saturated heterocycles. The normalized spacial score (nSPS) is 13.2. The van der Waals surface area contributed by atoms with Gasteiger partial charge < -0.3 is 14.5 Å². The summed E-state index contributed by atoms with van der Waals surface area (Å²) in [5.74, 6) is 0.928. The average Bonchev–Trinajstić information content (AvgIpc) is 3.24. The Morgan fingerprint density at radius 1 is 1.10 bits per heavy atom. The van der Waals surface area contributed by atoms with Crippen molar-refractivity contribution in [2.75, 3.05) is 32.1 Å². The van der Waals surface area contributed by atoms with Crippen molar-refractivity contribution in [3.05, 3.63) is 84.3 Å². The van der Waals surface area contributed by atoms with E-state index < -0.39 is 0 Å². The van der Waals surface area contributed by atoms with Crippen LogP contribution in [-0.4, -0.2) is 48.0 Å². The van der Waals surface area contributed by atoms with Crippen LogP contribution in [0, 0.1) is 0 Å². The van der Waals surface area contributed by atoms with Gasteiger partial charge in [-0.25, -0.2) is 4.98 Å². The number of ether oxygens (including phenoxy) is 1.